The topological polar surface area (TPSA) is 46.5 Å². The highest BCUT2D eigenvalue weighted by Gasteiger charge is 2.84. The van der Waals surface area contributed by atoms with E-state index >= 15 is 0 Å². The lowest BCUT2D eigenvalue weighted by Gasteiger charge is -2.65. The molecule has 6 aliphatic rings. The maximum Gasteiger partial charge on any atom is 0.317 e. The van der Waals surface area contributed by atoms with Crippen LogP contribution in [-0.4, -0.2) is 23.3 Å². The number of aliphatic hydroxyl groups excluding tert-OH is 1. The molecule has 6 rings (SSSR count). The lowest BCUT2D eigenvalue weighted by Crippen LogP contribution is -2.62. The highest BCUT2D eigenvalue weighted by atomic mass is 16.6. The van der Waals surface area contributed by atoms with Gasteiger partial charge in [-0.05, 0) is 95.9 Å². The standard InChI is InChI=1S/C30H46O3/c1-24(2)13-14-26(5)17-22-29(8)28(7)12-9-18-25(3,4)21(31)10-11-27(18,6)20(28)16-30(29,19(26)15-24)23(32)33-22/h15,18,20-22,31H,9-14,16-17H2,1-8H3/t18-,20+,21-,22+,26+,27-,28+,29-,30+/m0/s1. The summed E-state index contributed by atoms with van der Waals surface area (Å²) in [4.78, 5) is 14.1. The average Bonchev–Trinajstić information content (AvgIpc) is 3.02. The van der Waals surface area contributed by atoms with Crippen molar-refractivity contribution in [3.8, 4) is 0 Å². The van der Waals surface area contributed by atoms with Crippen molar-refractivity contribution >= 4 is 5.97 Å². The molecule has 33 heavy (non-hydrogen) atoms. The van der Waals surface area contributed by atoms with Crippen molar-refractivity contribution in [2.24, 2.45) is 49.7 Å². The fraction of sp³-hybridized carbons (Fsp3) is 0.900. The Bertz CT molecular complexity index is 962. The Hall–Kier alpha value is -0.830. The molecule has 1 saturated heterocycles. The molecule has 0 aromatic carbocycles. The van der Waals surface area contributed by atoms with E-state index in [0.29, 0.717) is 11.8 Å². The molecule has 5 fully saturated rings. The third kappa shape index (κ3) is 2.23. The lowest BCUT2D eigenvalue weighted by molar-refractivity contribution is -0.190. The number of ether oxygens (including phenoxy) is 1. The minimum absolute atomic E-state index is 0.0331. The molecule has 1 aliphatic heterocycles. The summed E-state index contributed by atoms with van der Waals surface area (Å²) < 4.78 is 6.39. The van der Waals surface area contributed by atoms with Crippen molar-refractivity contribution in [3.05, 3.63) is 11.6 Å². The van der Waals surface area contributed by atoms with Crippen LogP contribution in [0.2, 0.25) is 0 Å². The van der Waals surface area contributed by atoms with Gasteiger partial charge in [0.25, 0.3) is 0 Å². The number of hydrogen-bond donors (Lipinski definition) is 1. The first-order valence-electron chi connectivity index (χ1n) is 13.7. The molecule has 2 bridgehead atoms. The van der Waals surface area contributed by atoms with E-state index in [0.717, 1.165) is 44.9 Å². The Labute approximate surface area is 201 Å². The zero-order valence-electron chi connectivity index (χ0n) is 22.3. The van der Waals surface area contributed by atoms with Crippen LogP contribution in [0.4, 0.5) is 0 Å². The Kier molecular flexibility index (Phi) is 4.07. The normalized spacial score (nSPS) is 57.8. The number of aliphatic hydroxyl groups is 1. The highest BCUT2D eigenvalue weighted by Crippen LogP contribution is 2.84. The van der Waals surface area contributed by atoms with Crippen LogP contribution in [0.1, 0.15) is 107 Å². The number of fused-ring (bicyclic) bond motifs is 4. The van der Waals surface area contributed by atoms with Crippen LogP contribution < -0.4 is 0 Å². The van der Waals surface area contributed by atoms with E-state index in [2.05, 4.69) is 61.5 Å². The first-order chi connectivity index (χ1) is 15.1. The van der Waals surface area contributed by atoms with Gasteiger partial charge in [-0.2, -0.15) is 0 Å². The minimum atomic E-state index is -0.472. The van der Waals surface area contributed by atoms with Crippen LogP contribution in [0.3, 0.4) is 0 Å². The second kappa shape index (κ2) is 5.93. The Balaban J connectivity index is 1.57. The van der Waals surface area contributed by atoms with Gasteiger partial charge >= 0.3 is 5.97 Å². The third-order valence-corrected chi connectivity index (χ3v) is 13.5. The molecule has 1 heterocycles. The molecular weight excluding hydrogens is 408 g/mol. The SMILES string of the molecule is CC1(C)C=C2[C@](C)(CC1)C[C@H]1OC(=O)[C@@]23C[C@@H]2[C@@]4(C)CC[C@H](O)C(C)(C)[C@@H]4CC[C@@]2(C)[C@]13C. The van der Waals surface area contributed by atoms with E-state index in [1.807, 2.05) is 0 Å². The van der Waals surface area contributed by atoms with Gasteiger partial charge in [0, 0.05) is 5.41 Å². The van der Waals surface area contributed by atoms with Gasteiger partial charge < -0.3 is 9.84 Å². The van der Waals surface area contributed by atoms with Crippen molar-refractivity contribution in [3.63, 3.8) is 0 Å². The molecule has 4 saturated carbocycles. The van der Waals surface area contributed by atoms with Crippen LogP contribution in [0.25, 0.3) is 0 Å². The largest absolute Gasteiger partial charge is 0.461 e. The molecule has 9 atom stereocenters. The van der Waals surface area contributed by atoms with Gasteiger partial charge in [-0.1, -0.05) is 61.5 Å². The third-order valence-electron chi connectivity index (χ3n) is 13.5. The van der Waals surface area contributed by atoms with Crippen molar-refractivity contribution in [2.45, 2.75) is 119 Å². The number of carbonyl (C=O) groups excluding carboxylic acids is 1. The second-order valence-electron chi connectivity index (χ2n) is 15.5. The fourth-order valence-electron chi connectivity index (χ4n) is 11.3. The van der Waals surface area contributed by atoms with Gasteiger partial charge in [-0.3, -0.25) is 4.79 Å². The number of carbonyl (C=O) groups is 1. The first kappa shape index (κ1) is 22.6. The number of rotatable bonds is 0. The molecular formula is C30H46O3. The van der Waals surface area contributed by atoms with Crippen molar-refractivity contribution in [2.75, 3.05) is 0 Å². The summed E-state index contributed by atoms with van der Waals surface area (Å²) in [6, 6.07) is 0. The summed E-state index contributed by atoms with van der Waals surface area (Å²) in [5.74, 6) is 1.09. The van der Waals surface area contributed by atoms with Gasteiger partial charge in [-0.25, -0.2) is 0 Å². The van der Waals surface area contributed by atoms with Gasteiger partial charge in [0.05, 0.1) is 11.5 Å². The molecule has 0 amide bonds. The van der Waals surface area contributed by atoms with Crippen LogP contribution in [0, 0.1) is 49.7 Å². The van der Waals surface area contributed by atoms with E-state index in [1.165, 1.54) is 12.0 Å². The van der Waals surface area contributed by atoms with E-state index in [9.17, 15) is 9.90 Å². The predicted molar refractivity (Wildman–Crippen MR) is 130 cm³/mol. The highest BCUT2D eigenvalue weighted by molar-refractivity contribution is 5.87. The molecule has 0 radical (unpaired) electrons. The monoisotopic (exact) mass is 454 g/mol. The number of esters is 1. The van der Waals surface area contributed by atoms with Crippen LogP contribution in [0.5, 0.6) is 0 Å². The Morgan fingerprint density at radius 3 is 2.27 bits per heavy atom. The summed E-state index contributed by atoms with van der Waals surface area (Å²) in [5, 5.41) is 11.0. The summed E-state index contributed by atoms with van der Waals surface area (Å²) in [6.07, 6.45) is 10.9. The van der Waals surface area contributed by atoms with E-state index in [1.54, 1.807) is 0 Å². The summed E-state index contributed by atoms with van der Waals surface area (Å²) >= 11 is 0. The maximum atomic E-state index is 14.1. The summed E-state index contributed by atoms with van der Waals surface area (Å²) in [6.45, 7) is 19.3. The zero-order valence-corrected chi connectivity index (χ0v) is 22.3. The van der Waals surface area contributed by atoms with Crippen molar-refractivity contribution in [1.29, 1.82) is 0 Å². The van der Waals surface area contributed by atoms with Crippen LogP contribution in [0.15, 0.2) is 11.6 Å². The molecule has 0 aromatic heterocycles. The minimum Gasteiger partial charge on any atom is -0.461 e. The molecule has 0 unspecified atom stereocenters. The quantitative estimate of drug-likeness (QED) is 0.328. The van der Waals surface area contributed by atoms with Crippen LogP contribution >= 0.6 is 0 Å². The van der Waals surface area contributed by atoms with Gasteiger partial charge in [0.1, 0.15) is 6.10 Å². The average molecular weight is 455 g/mol. The van der Waals surface area contributed by atoms with Gasteiger partial charge in [0.15, 0.2) is 0 Å². The maximum absolute atomic E-state index is 14.1. The summed E-state index contributed by atoms with van der Waals surface area (Å²) in [7, 11) is 0. The van der Waals surface area contributed by atoms with E-state index < -0.39 is 5.41 Å². The zero-order chi connectivity index (χ0) is 24.0. The van der Waals surface area contributed by atoms with E-state index in [-0.39, 0.29) is 50.7 Å². The van der Waals surface area contributed by atoms with Crippen molar-refractivity contribution < 1.29 is 14.6 Å². The molecule has 3 nitrogen and oxygen atoms in total. The van der Waals surface area contributed by atoms with Gasteiger partial charge in [0.2, 0.25) is 0 Å². The molecule has 184 valence electrons. The first-order valence-corrected chi connectivity index (χ1v) is 13.7. The molecule has 3 heteroatoms. The fourth-order valence-corrected chi connectivity index (χ4v) is 11.3. The van der Waals surface area contributed by atoms with E-state index in [4.69, 9.17) is 4.74 Å². The molecule has 1 N–H and O–H groups in total. The Morgan fingerprint density at radius 1 is 0.879 bits per heavy atom. The van der Waals surface area contributed by atoms with Crippen LogP contribution in [-0.2, 0) is 9.53 Å². The number of allylic oxidation sites excluding steroid dienone is 1. The van der Waals surface area contributed by atoms with Crippen molar-refractivity contribution in [1.82, 2.24) is 0 Å². The summed E-state index contributed by atoms with van der Waals surface area (Å²) in [5.41, 5.74) is 1.22. The lowest BCUT2D eigenvalue weighted by atomic mass is 9.39. The number of hydrogen-bond acceptors (Lipinski definition) is 3. The molecule has 0 aromatic rings. The second-order valence-corrected chi connectivity index (χ2v) is 15.5. The molecule has 0 spiro atoms. The predicted octanol–water partition coefficient (Wildman–Crippen LogP) is 6.68. The Morgan fingerprint density at radius 2 is 1.58 bits per heavy atom. The smallest absolute Gasteiger partial charge is 0.317 e. The van der Waals surface area contributed by atoms with Gasteiger partial charge in [-0.15, -0.1) is 0 Å². The molecule has 5 aliphatic carbocycles.